The molecule has 0 aromatic heterocycles. The first kappa shape index (κ1) is 29.9. The predicted molar refractivity (Wildman–Crippen MR) is 158 cm³/mol. The minimum Gasteiger partial charge on any atom is -0.325 e. The number of unbranched alkanes of at least 4 members (excludes halogenated alkanes) is 13. The van der Waals surface area contributed by atoms with Crippen LogP contribution in [0.1, 0.15) is 154 Å². The topological polar surface area (TPSA) is 26.0 Å². The van der Waals surface area contributed by atoms with E-state index in [4.69, 9.17) is 5.73 Å². The van der Waals surface area contributed by atoms with E-state index in [9.17, 15) is 0 Å². The third-order valence-corrected chi connectivity index (χ3v) is 8.17. The van der Waals surface area contributed by atoms with E-state index >= 15 is 0 Å². The average Bonchev–Trinajstić information content (AvgIpc) is 2.86. The first-order valence-electron chi connectivity index (χ1n) is 15.4. The summed E-state index contributed by atoms with van der Waals surface area (Å²) in [5, 5.41) is 2.76. The zero-order valence-electron chi connectivity index (χ0n) is 23.6. The van der Waals surface area contributed by atoms with Crippen molar-refractivity contribution in [2.75, 3.05) is 0 Å². The molecule has 0 saturated heterocycles. The van der Waals surface area contributed by atoms with Crippen LogP contribution in [0.2, 0.25) is 0 Å². The van der Waals surface area contributed by atoms with Crippen LogP contribution in [0.25, 0.3) is 10.8 Å². The number of hydrogen-bond acceptors (Lipinski definition) is 1. The Morgan fingerprint density at radius 3 is 1.60 bits per heavy atom. The van der Waals surface area contributed by atoms with Gasteiger partial charge in [-0.1, -0.05) is 166 Å². The van der Waals surface area contributed by atoms with Gasteiger partial charge in [0, 0.05) is 11.5 Å². The molecule has 0 aliphatic heterocycles. The smallest absolute Gasteiger partial charge is 0.0223 e. The molecule has 0 aliphatic carbocycles. The molecule has 1 heteroatoms. The number of benzene rings is 2. The van der Waals surface area contributed by atoms with Crippen LogP contribution in [-0.2, 0) is 0 Å². The van der Waals surface area contributed by atoms with E-state index in [0.29, 0.717) is 5.92 Å². The fourth-order valence-corrected chi connectivity index (χ4v) is 6.25. The second-order valence-electron chi connectivity index (χ2n) is 11.2. The maximum Gasteiger partial charge on any atom is 0.0223 e. The van der Waals surface area contributed by atoms with Crippen molar-refractivity contribution in [3.8, 4) is 0 Å². The summed E-state index contributed by atoms with van der Waals surface area (Å²) in [5.74, 6) is 0.450. The average molecular weight is 480 g/mol. The molecule has 0 amide bonds. The fraction of sp³-hybridized carbons (Fsp3) is 0.706. The lowest BCUT2D eigenvalue weighted by Gasteiger charge is -2.39. The van der Waals surface area contributed by atoms with E-state index in [0.717, 1.165) is 25.7 Å². The summed E-state index contributed by atoms with van der Waals surface area (Å²) in [7, 11) is 0. The lowest BCUT2D eigenvalue weighted by atomic mass is 9.71. The van der Waals surface area contributed by atoms with E-state index in [1.807, 2.05) is 0 Å². The van der Waals surface area contributed by atoms with E-state index in [-0.39, 0.29) is 5.54 Å². The van der Waals surface area contributed by atoms with Gasteiger partial charge in [-0.2, -0.15) is 0 Å². The molecule has 0 saturated carbocycles. The molecule has 2 N–H and O–H groups in total. The van der Waals surface area contributed by atoms with Gasteiger partial charge in [0.2, 0.25) is 0 Å². The molecule has 35 heavy (non-hydrogen) atoms. The third kappa shape index (κ3) is 10.7. The number of nitrogens with two attached hydrogens (primary N) is 1. The molecule has 1 nitrogen and oxygen atoms in total. The lowest BCUT2D eigenvalue weighted by Crippen LogP contribution is -2.45. The number of rotatable bonds is 21. The molecule has 0 spiro atoms. The Kier molecular flexibility index (Phi) is 15.4. The van der Waals surface area contributed by atoms with Gasteiger partial charge in [0.15, 0.2) is 0 Å². The van der Waals surface area contributed by atoms with Crippen LogP contribution < -0.4 is 5.73 Å². The van der Waals surface area contributed by atoms with Gasteiger partial charge in [-0.05, 0) is 35.6 Å². The van der Waals surface area contributed by atoms with Gasteiger partial charge in [-0.25, -0.2) is 0 Å². The normalized spacial score (nSPS) is 12.9. The van der Waals surface area contributed by atoms with Gasteiger partial charge >= 0.3 is 0 Å². The number of fused-ring (bicyclic) bond motifs is 1. The maximum atomic E-state index is 7.24. The quantitative estimate of drug-likeness (QED) is 0.177. The minimum atomic E-state index is -0.0931. The maximum absolute atomic E-state index is 7.24. The molecule has 0 aliphatic rings. The van der Waals surface area contributed by atoms with Gasteiger partial charge in [0.05, 0.1) is 0 Å². The SMILES string of the molecule is CCCCCCCCCCCCCCCCC(c1cccc2ccccc12)C(N)(CCC)CCC. The zero-order valence-corrected chi connectivity index (χ0v) is 23.6. The molecule has 2 aromatic carbocycles. The van der Waals surface area contributed by atoms with E-state index in [1.165, 1.54) is 113 Å². The van der Waals surface area contributed by atoms with Crippen LogP contribution in [0.4, 0.5) is 0 Å². The summed E-state index contributed by atoms with van der Waals surface area (Å²) < 4.78 is 0. The fourth-order valence-electron chi connectivity index (χ4n) is 6.25. The second kappa shape index (κ2) is 18.0. The molecule has 0 fully saturated rings. The lowest BCUT2D eigenvalue weighted by molar-refractivity contribution is 0.276. The summed E-state index contributed by atoms with van der Waals surface area (Å²) in [6.45, 7) is 6.89. The molecular weight excluding hydrogens is 422 g/mol. The van der Waals surface area contributed by atoms with Gasteiger partial charge in [-0.15, -0.1) is 0 Å². The van der Waals surface area contributed by atoms with Crippen molar-refractivity contribution in [2.24, 2.45) is 5.73 Å². The van der Waals surface area contributed by atoms with Crippen molar-refractivity contribution >= 4 is 10.8 Å². The summed E-state index contributed by atoms with van der Waals surface area (Å²) in [6.07, 6.45) is 25.6. The zero-order chi connectivity index (χ0) is 25.2. The van der Waals surface area contributed by atoms with E-state index in [2.05, 4.69) is 63.2 Å². The predicted octanol–water partition coefficient (Wildman–Crippen LogP) is 11.1. The highest BCUT2D eigenvalue weighted by molar-refractivity contribution is 5.86. The molecule has 0 radical (unpaired) electrons. The van der Waals surface area contributed by atoms with Crippen molar-refractivity contribution in [2.45, 2.75) is 154 Å². The van der Waals surface area contributed by atoms with Gasteiger partial charge in [0.25, 0.3) is 0 Å². The van der Waals surface area contributed by atoms with Crippen molar-refractivity contribution in [3.63, 3.8) is 0 Å². The molecule has 1 atom stereocenters. The molecule has 2 aromatic rings. The molecule has 0 bridgehead atoms. The standard InChI is InChI=1S/C34H57N/c1-4-7-8-9-10-11-12-13-14-15-16-17-18-19-27-33(34(35,28-5-2)29-6-3)32-26-22-24-30-23-20-21-25-31(30)32/h20-26,33H,4-19,27-29,35H2,1-3H3. The van der Waals surface area contributed by atoms with Crippen LogP contribution in [0, 0.1) is 0 Å². The van der Waals surface area contributed by atoms with Gasteiger partial charge in [-0.3, -0.25) is 0 Å². The molecule has 198 valence electrons. The van der Waals surface area contributed by atoms with Crippen LogP contribution >= 0.6 is 0 Å². The summed E-state index contributed by atoms with van der Waals surface area (Å²) in [4.78, 5) is 0. The van der Waals surface area contributed by atoms with Crippen molar-refractivity contribution in [1.29, 1.82) is 0 Å². The Bertz CT molecular complexity index is 768. The van der Waals surface area contributed by atoms with Gasteiger partial charge in [0.1, 0.15) is 0 Å². The molecule has 1 unspecified atom stereocenters. The third-order valence-electron chi connectivity index (χ3n) is 8.17. The van der Waals surface area contributed by atoms with Crippen LogP contribution in [0.3, 0.4) is 0 Å². The highest BCUT2D eigenvalue weighted by Crippen LogP contribution is 2.40. The van der Waals surface area contributed by atoms with Crippen molar-refractivity contribution < 1.29 is 0 Å². The highest BCUT2D eigenvalue weighted by atomic mass is 14.8. The highest BCUT2D eigenvalue weighted by Gasteiger charge is 2.34. The van der Waals surface area contributed by atoms with E-state index < -0.39 is 0 Å². The number of hydrogen-bond donors (Lipinski definition) is 1. The first-order chi connectivity index (χ1) is 17.2. The van der Waals surface area contributed by atoms with Crippen LogP contribution in [0.15, 0.2) is 42.5 Å². The Morgan fingerprint density at radius 1 is 0.571 bits per heavy atom. The first-order valence-corrected chi connectivity index (χ1v) is 15.4. The summed E-state index contributed by atoms with van der Waals surface area (Å²) >= 11 is 0. The Labute approximate surface area is 218 Å². The largest absolute Gasteiger partial charge is 0.325 e. The Balaban J connectivity index is 1.80. The monoisotopic (exact) mass is 479 g/mol. The Morgan fingerprint density at radius 2 is 1.06 bits per heavy atom. The molecule has 2 rings (SSSR count). The van der Waals surface area contributed by atoms with Crippen LogP contribution in [-0.4, -0.2) is 5.54 Å². The van der Waals surface area contributed by atoms with Crippen LogP contribution in [0.5, 0.6) is 0 Å². The molecule has 0 heterocycles. The van der Waals surface area contributed by atoms with Crippen molar-refractivity contribution in [3.05, 3.63) is 48.0 Å². The minimum absolute atomic E-state index is 0.0931. The second-order valence-corrected chi connectivity index (χ2v) is 11.2. The summed E-state index contributed by atoms with van der Waals surface area (Å²) in [6, 6.07) is 15.8. The molecular formula is C34H57N. The van der Waals surface area contributed by atoms with Crippen molar-refractivity contribution in [1.82, 2.24) is 0 Å². The summed E-state index contributed by atoms with van der Waals surface area (Å²) in [5.41, 5.74) is 8.64. The van der Waals surface area contributed by atoms with E-state index in [1.54, 1.807) is 0 Å². The Hall–Kier alpha value is -1.34. The van der Waals surface area contributed by atoms with Gasteiger partial charge < -0.3 is 5.73 Å².